The van der Waals surface area contributed by atoms with Crippen LogP contribution in [0.2, 0.25) is 5.02 Å². The van der Waals surface area contributed by atoms with E-state index in [2.05, 4.69) is 18.7 Å². The van der Waals surface area contributed by atoms with Crippen LogP contribution in [0.1, 0.15) is 37.4 Å². The average Bonchev–Trinajstić information content (AvgIpc) is 3.11. The van der Waals surface area contributed by atoms with Crippen molar-refractivity contribution in [3.63, 3.8) is 0 Å². The summed E-state index contributed by atoms with van der Waals surface area (Å²) in [5.41, 5.74) is 1.17. The largest absolute Gasteiger partial charge is 0.507 e. The van der Waals surface area contributed by atoms with Gasteiger partial charge in [0, 0.05) is 17.1 Å². The first-order valence-corrected chi connectivity index (χ1v) is 12.0. The number of Topliss-reactive ketones (excluding diaryl/α,β-unsaturated/α-hetero) is 1. The fourth-order valence-corrected chi connectivity index (χ4v) is 4.58. The minimum atomic E-state index is -0.706. The summed E-state index contributed by atoms with van der Waals surface area (Å²) in [6.45, 7) is 8.08. The van der Waals surface area contributed by atoms with Gasteiger partial charge >= 0.3 is 0 Å². The van der Waals surface area contributed by atoms with E-state index in [0.29, 0.717) is 53.8 Å². The Morgan fingerprint density at radius 2 is 1.74 bits per heavy atom. The molecular weight excluding hydrogens is 456 g/mol. The minimum Gasteiger partial charge on any atom is -0.507 e. The monoisotopic (exact) mass is 484 g/mol. The summed E-state index contributed by atoms with van der Waals surface area (Å²) in [5, 5.41) is 11.8. The van der Waals surface area contributed by atoms with E-state index in [4.69, 9.17) is 21.1 Å². The van der Waals surface area contributed by atoms with Crippen molar-refractivity contribution in [1.82, 2.24) is 9.80 Å². The number of carbonyl (C=O) groups excluding carboxylic acids is 2. The van der Waals surface area contributed by atoms with E-state index < -0.39 is 17.7 Å². The van der Waals surface area contributed by atoms with Crippen LogP contribution in [0.4, 0.5) is 0 Å². The summed E-state index contributed by atoms with van der Waals surface area (Å²) in [6, 6.07) is 11.3. The Morgan fingerprint density at radius 3 is 2.41 bits per heavy atom. The molecule has 7 nitrogen and oxygen atoms in total. The summed E-state index contributed by atoms with van der Waals surface area (Å²) < 4.78 is 11.2. The molecule has 2 aromatic carbocycles. The zero-order valence-corrected chi connectivity index (χ0v) is 20.2. The molecule has 1 atom stereocenters. The lowest BCUT2D eigenvalue weighted by Gasteiger charge is -2.27. The lowest BCUT2D eigenvalue weighted by atomic mass is 9.95. The number of aliphatic hydroxyl groups is 1. The smallest absolute Gasteiger partial charge is 0.295 e. The normalized spacial score (nSPS) is 19.2. The SMILES string of the molecule is CCN(CC)CCCN1C(=O)C(=O)/C(=C(/O)c2ccc3c(c2)OCCO3)[C@@H]1c1ccc(Cl)cc1. The third-order valence-corrected chi connectivity index (χ3v) is 6.56. The molecule has 2 aromatic rings. The molecule has 8 heteroatoms. The maximum Gasteiger partial charge on any atom is 0.295 e. The summed E-state index contributed by atoms with van der Waals surface area (Å²) in [6.07, 6.45) is 0.711. The van der Waals surface area contributed by atoms with Gasteiger partial charge in [0.25, 0.3) is 11.7 Å². The van der Waals surface area contributed by atoms with Gasteiger partial charge in [0.2, 0.25) is 0 Å². The van der Waals surface area contributed by atoms with Crippen molar-refractivity contribution < 1.29 is 24.2 Å². The van der Waals surface area contributed by atoms with Crippen LogP contribution in [-0.4, -0.2) is 66.0 Å². The second-order valence-corrected chi connectivity index (χ2v) is 8.72. The molecule has 1 fully saturated rings. The number of aliphatic hydroxyl groups excluding tert-OH is 1. The first-order valence-electron chi connectivity index (χ1n) is 11.6. The molecule has 0 spiro atoms. The van der Waals surface area contributed by atoms with Gasteiger partial charge in [-0.1, -0.05) is 37.6 Å². The van der Waals surface area contributed by atoms with E-state index in [0.717, 1.165) is 19.6 Å². The molecule has 0 aliphatic carbocycles. The number of hydrogen-bond acceptors (Lipinski definition) is 6. The quantitative estimate of drug-likeness (QED) is 0.342. The average molecular weight is 485 g/mol. The second-order valence-electron chi connectivity index (χ2n) is 8.28. The number of ketones is 1. The van der Waals surface area contributed by atoms with Gasteiger partial charge in [-0.2, -0.15) is 0 Å². The summed E-state index contributed by atoms with van der Waals surface area (Å²) in [7, 11) is 0. The number of amides is 1. The van der Waals surface area contributed by atoms with Gasteiger partial charge in [0.1, 0.15) is 19.0 Å². The molecule has 2 heterocycles. The predicted octanol–water partition coefficient (Wildman–Crippen LogP) is 4.26. The Bertz CT molecular complexity index is 1090. The number of halogens is 1. The molecule has 0 bridgehead atoms. The number of hydrogen-bond donors (Lipinski definition) is 1. The minimum absolute atomic E-state index is 0.0619. The van der Waals surface area contributed by atoms with Gasteiger partial charge in [0.05, 0.1) is 11.6 Å². The Balaban J connectivity index is 1.72. The van der Waals surface area contributed by atoms with E-state index in [1.54, 1.807) is 47.4 Å². The molecule has 1 N–H and O–H groups in total. The van der Waals surface area contributed by atoms with Gasteiger partial charge in [0.15, 0.2) is 11.5 Å². The van der Waals surface area contributed by atoms with Crippen LogP contribution < -0.4 is 9.47 Å². The van der Waals surface area contributed by atoms with Crippen molar-refractivity contribution in [3.8, 4) is 11.5 Å². The molecule has 0 unspecified atom stereocenters. The van der Waals surface area contributed by atoms with Crippen molar-refractivity contribution in [2.45, 2.75) is 26.3 Å². The zero-order valence-electron chi connectivity index (χ0n) is 19.4. The summed E-state index contributed by atoms with van der Waals surface area (Å²) in [4.78, 5) is 30.1. The number of benzene rings is 2. The lowest BCUT2D eigenvalue weighted by molar-refractivity contribution is -0.140. The van der Waals surface area contributed by atoms with Gasteiger partial charge in [-0.25, -0.2) is 0 Å². The molecule has 0 saturated carbocycles. The van der Waals surface area contributed by atoms with Crippen LogP contribution in [0.5, 0.6) is 11.5 Å². The van der Waals surface area contributed by atoms with Crippen LogP contribution in [0, 0.1) is 0 Å². The summed E-state index contributed by atoms with van der Waals surface area (Å²) in [5.74, 6) is -0.476. The van der Waals surface area contributed by atoms with Gasteiger partial charge in [-0.05, 0) is 62.0 Å². The molecule has 0 radical (unpaired) electrons. The molecule has 1 amide bonds. The Hall–Kier alpha value is -3.03. The number of nitrogens with zero attached hydrogens (tertiary/aromatic N) is 2. The molecule has 2 aliphatic heterocycles. The third-order valence-electron chi connectivity index (χ3n) is 6.31. The van der Waals surface area contributed by atoms with Gasteiger partial charge in [-0.15, -0.1) is 0 Å². The first kappa shape index (κ1) is 24.1. The van der Waals surface area contributed by atoms with E-state index in [1.165, 1.54) is 0 Å². The van der Waals surface area contributed by atoms with Crippen LogP contribution in [0.15, 0.2) is 48.0 Å². The molecule has 1 saturated heterocycles. The maximum absolute atomic E-state index is 13.2. The number of rotatable bonds is 8. The van der Waals surface area contributed by atoms with Crippen molar-refractivity contribution in [1.29, 1.82) is 0 Å². The van der Waals surface area contributed by atoms with E-state index in [-0.39, 0.29) is 11.3 Å². The van der Waals surface area contributed by atoms with Crippen LogP contribution in [0.3, 0.4) is 0 Å². The Labute approximate surface area is 204 Å². The highest BCUT2D eigenvalue weighted by Gasteiger charge is 2.45. The molecule has 34 heavy (non-hydrogen) atoms. The fourth-order valence-electron chi connectivity index (χ4n) is 4.45. The van der Waals surface area contributed by atoms with Crippen LogP contribution in [0.25, 0.3) is 5.76 Å². The first-order chi connectivity index (χ1) is 16.4. The maximum atomic E-state index is 13.2. The number of fused-ring (bicyclic) bond motifs is 1. The highest BCUT2D eigenvalue weighted by molar-refractivity contribution is 6.46. The molecule has 0 aromatic heterocycles. The lowest BCUT2D eigenvalue weighted by Crippen LogP contribution is -2.33. The highest BCUT2D eigenvalue weighted by atomic mass is 35.5. The summed E-state index contributed by atoms with van der Waals surface area (Å²) >= 11 is 6.08. The Kier molecular flexibility index (Phi) is 7.44. The van der Waals surface area contributed by atoms with E-state index >= 15 is 0 Å². The second kappa shape index (κ2) is 10.5. The van der Waals surface area contributed by atoms with Gasteiger partial charge in [-0.3, -0.25) is 9.59 Å². The van der Waals surface area contributed by atoms with Crippen molar-refractivity contribution in [3.05, 3.63) is 64.2 Å². The van der Waals surface area contributed by atoms with Crippen LogP contribution >= 0.6 is 11.6 Å². The highest BCUT2D eigenvalue weighted by Crippen LogP contribution is 2.41. The van der Waals surface area contributed by atoms with E-state index in [9.17, 15) is 14.7 Å². The zero-order chi connectivity index (χ0) is 24.2. The molecule has 2 aliphatic rings. The van der Waals surface area contributed by atoms with Gasteiger partial charge < -0.3 is 24.4 Å². The molecule has 4 rings (SSSR count). The van der Waals surface area contributed by atoms with Crippen molar-refractivity contribution in [2.24, 2.45) is 0 Å². The van der Waals surface area contributed by atoms with E-state index in [1.807, 2.05) is 0 Å². The number of likely N-dealkylation sites (tertiary alicyclic amines) is 1. The topological polar surface area (TPSA) is 79.3 Å². The van der Waals surface area contributed by atoms with Crippen LogP contribution in [-0.2, 0) is 9.59 Å². The standard InChI is InChI=1S/C26H29ClN2O5/c1-3-28(4-2)12-5-13-29-23(17-6-9-19(27)10-7-17)22(25(31)26(29)32)24(30)18-8-11-20-21(16-18)34-15-14-33-20/h6-11,16,23,30H,3-5,12-15H2,1-2H3/b24-22+/t23-/m0/s1. The fraction of sp³-hybridized carbons (Fsp3) is 0.385. The third kappa shape index (κ3) is 4.76. The Morgan fingerprint density at radius 1 is 1.06 bits per heavy atom. The van der Waals surface area contributed by atoms with Crippen molar-refractivity contribution >= 4 is 29.1 Å². The number of ether oxygens (including phenoxy) is 2. The molecule has 180 valence electrons. The van der Waals surface area contributed by atoms with Crippen molar-refractivity contribution in [2.75, 3.05) is 39.4 Å². The predicted molar refractivity (Wildman–Crippen MR) is 130 cm³/mol. The molecular formula is C26H29ClN2O5. The number of carbonyl (C=O) groups is 2.